The topological polar surface area (TPSA) is 33.3 Å². The Morgan fingerprint density at radius 2 is 1.75 bits per heavy atom. The molecule has 3 nitrogen and oxygen atoms in total. The molecule has 2 bridgehead atoms. The third kappa shape index (κ3) is 2.65. The number of ether oxygens (including phenoxy) is 1. The van der Waals surface area contributed by atoms with Gasteiger partial charge in [-0.1, -0.05) is 19.3 Å². The molecule has 0 aromatic carbocycles. The van der Waals surface area contributed by atoms with Crippen LogP contribution in [0.25, 0.3) is 0 Å². The van der Waals surface area contributed by atoms with Crippen molar-refractivity contribution in [2.24, 2.45) is 5.92 Å². The molecule has 3 heteroatoms. The van der Waals surface area contributed by atoms with Crippen molar-refractivity contribution in [3.05, 3.63) is 0 Å². The van der Waals surface area contributed by atoms with E-state index in [1.165, 1.54) is 70.8 Å². The van der Waals surface area contributed by atoms with E-state index in [9.17, 15) is 0 Å². The van der Waals surface area contributed by atoms with Crippen LogP contribution in [0.3, 0.4) is 0 Å². The molecule has 4 fully saturated rings. The van der Waals surface area contributed by atoms with Crippen LogP contribution in [-0.2, 0) is 4.74 Å². The summed E-state index contributed by atoms with van der Waals surface area (Å²) in [6, 6.07) is 2.18. The number of hydrogen-bond donors (Lipinski definition) is 2. The van der Waals surface area contributed by atoms with Crippen LogP contribution in [-0.4, -0.2) is 36.9 Å². The molecule has 3 heterocycles. The van der Waals surface area contributed by atoms with Crippen molar-refractivity contribution >= 4 is 0 Å². The third-order valence-electron chi connectivity index (χ3n) is 6.22. The molecular formula is C17H30N2O. The zero-order chi connectivity index (χ0) is 13.4. The summed E-state index contributed by atoms with van der Waals surface area (Å²) in [6.07, 6.45) is 14.9. The van der Waals surface area contributed by atoms with Crippen LogP contribution in [0.4, 0.5) is 0 Å². The van der Waals surface area contributed by atoms with E-state index in [1.54, 1.807) is 0 Å². The van der Waals surface area contributed by atoms with E-state index < -0.39 is 0 Å². The van der Waals surface area contributed by atoms with Crippen LogP contribution in [0.5, 0.6) is 0 Å². The average Bonchev–Trinajstić information content (AvgIpc) is 3.11. The molecule has 3 saturated heterocycles. The second kappa shape index (κ2) is 5.94. The molecule has 0 aromatic rings. The van der Waals surface area contributed by atoms with Gasteiger partial charge in [-0.2, -0.15) is 0 Å². The maximum absolute atomic E-state index is 6.03. The summed E-state index contributed by atoms with van der Waals surface area (Å²) in [5, 5.41) is 7.84. The van der Waals surface area contributed by atoms with Gasteiger partial charge < -0.3 is 15.4 Å². The van der Waals surface area contributed by atoms with E-state index in [2.05, 4.69) is 10.6 Å². The maximum atomic E-state index is 6.03. The van der Waals surface area contributed by atoms with Crippen molar-refractivity contribution in [2.45, 2.75) is 94.5 Å². The molecule has 2 N–H and O–H groups in total. The zero-order valence-corrected chi connectivity index (χ0v) is 12.7. The monoisotopic (exact) mass is 278 g/mol. The van der Waals surface area contributed by atoms with E-state index in [4.69, 9.17) is 4.74 Å². The fraction of sp³-hybridized carbons (Fsp3) is 1.00. The summed E-state index contributed by atoms with van der Waals surface area (Å²) >= 11 is 0. The number of fused-ring (bicyclic) bond motifs is 2. The van der Waals surface area contributed by atoms with Gasteiger partial charge in [0.15, 0.2) is 0 Å². The highest BCUT2D eigenvalue weighted by Gasteiger charge is 2.43. The number of nitrogens with one attached hydrogen (secondary N) is 2. The first-order chi connectivity index (χ1) is 9.90. The molecule has 0 aromatic heterocycles. The molecule has 20 heavy (non-hydrogen) atoms. The Bertz CT molecular complexity index is 329. The lowest BCUT2D eigenvalue weighted by Crippen LogP contribution is -2.54. The molecule has 3 aliphatic heterocycles. The summed E-state index contributed by atoms with van der Waals surface area (Å²) in [7, 11) is 0. The Balaban J connectivity index is 1.39. The number of rotatable bonds is 3. The normalized spacial score (nSPS) is 48.6. The molecule has 0 spiro atoms. The number of hydrogen-bond acceptors (Lipinski definition) is 3. The standard InChI is InChI=1S/C17H30N2O/c1-2-7-15(13(5-1)14-6-3-4-10-18-14)19-16-11-12-8-9-17(16)20-12/h12-19H,1-11H2. The molecule has 0 amide bonds. The fourth-order valence-electron chi connectivity index (χ4n) is 5.18. The van der Waals surface area contributed by atoms with Gasteiger partial charge in [-0.05, 0) is 57.4 Å². The Labute approximate surface area is 123 Å². The van der Waals surface area contributed by atoms with Gasteiger partial charge in [0.1, 0.15) is 0 Å². The zero-order valence-electron chi connectivity index (χ0n) is 12.7. The smallest absolute Gasteiger partial charge is 0.0733 e. The van der Waals surface area contributed by atoms with Crippen molar-refractivity contribution in [3.63, 3.8) is 0 Å². The van der Waals surface area contributed by atoms with Crippen molar-refractivity contribution < 1.29 is 4.74 Å². The second-order valence-electron chi connectivity index (χ2n) is 7.49. The second-order valence-corrected chi connectivity index (χ2v) is 7.49. The highest BCUT2D eigenvalue weighted by atomic mass is 16.5. The lowest BCUT2D eigenvalue weighted by molar-refractivity contribution is 0.0902. The molecule has 1 aliphatic carbocycles. The third-order valence-corrected chi connectivity index (χ3v) is 6.22. The lowest BCUT2D eigenvalue weighted by atomic mass is 9.76. The highest BCUT2D eigenvalue weighted by Crippen LogP contribution is 2.37. The Kier molecular flexibility index (Phi) is 4.02. The molecule has 0 radical (unpaired) electrons. The average molecular weight is 278 g/mol. The van der Waals surface area contributed by atoms with Gasteiger partial charge in [-0.15, -0.1) is 0 Å². The van der Waals surface area contributed by atoms with E-state index in [0.717, 1.165) is 18.0 Å². The van der Waals surface area contributed by atoms with Gasteiger partial charge in [0.05, 0.1) is 12.2 Å². The Morgan fingerprint density at radius 1 is 0.850 bits per heavy atom. The predicted molar refractivity (Wildman–Crippen MR) is 80.8 cm³/mol. The van der Waals surface area contributed by atoms with Crippen molar-refractivity contribution in [1.82, 2.24) is 10.6 Å². The number of piperidine rings is 1. The van der Waals surface area contributed by atoms with Gasteiger partial charge in [0.2, 0.25) is 0 Å². The van der Waals surface area contributed by atoms with Crippen LogP contribution in [0.2, 0.25) is 0 Å². The van der Waals surface area contributed by atoms with Crippen molar-refractivity contribution in [2.75, 3.05) is 6.54 Å². The maximum Gasteiger partial charge on any atom is 0.0733 e. The van der Waals surface area contributed by atoms with Gasteiger partial charge >= 0.3 is 0 Å². The summed E-state index contributed by atoms with van der Waals surface area (Å²) in [4.78, 5) is 0. The largest absolute Gasteiger partial charge is 0.373 e. The summed E-state index contributed by atoms with van der Waals surface area (Å²) < 4.78 is 6.03. The minimum Gasteiger partial charge on any atom is -0.373 e. The van der Waals surface area contributed by atoms with Gasteiger partial charge in [0.25, 0.3) is 0 Å². The quantitative estimate of drug-likeness (QED) is 0.832. The SMILES string of the molecule is C1CCC(C2CCCCC2NC2CC3CCC2O3)NC1. The van der Waals surface area contributed by atoms with E-state index in [-0.39, 0.29) is 0 Å². The van der Waals surface area contributed by atoms with Crippen LogP contribution < -0.4 is 10.6 Å². The molecule has 6 atom stereocenters. The molecule has 6 unspecified atom stereocenters. The van der Waals surface area contributed by atoms with Crippen LogP contribution in [0.15, 0.2) is 0 Å². The summed E-state index contributed by atoms with van der Waals surface area (Å²) in [5.41, 5.74) is 0. The minimum atomic E-state index is 0.530. The molecule has 4 rings (SSSR count). The first kappa shape index (κ1) is 13.5. The molecule has 114 valence electrons. The molecule has 1 saturated carbocycles. The van der Waals surface area contributed by atoms with E-state index in [1.807, 2.05) is 0 Å². The van der Waals surface area contributed by atoms with Crippen molar-refractivity contribution in [3.8, 4) is 0 Å². The van der Waals surface area contributed by atoms with Crippen LogP contribution in [0, 0.1) is 5.92 Å². The minimum absolute atomic E-state index is 0.530. The van der Waals surface area contributed by atoms with Gasteiger partial charge in [-0.3, -0.25) is 0 Å². The first-order valence-electron chi connectivity index (χ1n) is 9.05. The Morgan fingerprint density at radius 3 is 2.50 bits per heavy atom. The summed E-state index contributed by atoms with van der Waals surface area (Å²) in [6.45, 7) is 1.24. The van der Waals surface area contributed by atoms with Crippen molar-refractivity contribution in [1.29, 1.82) is 0 Å². The molecule has 4 aliphatic rings. The Hall–Kier alpha value is -0.120. The van der Waals surface area contributed by atoms with E-state index >= 15 is 0 Å². The van der Waals surface area contributed by atoms with Gasteiger partial charge in [-0.25, -0.2) is 0 Å². The van der Waals surface area contributed by atoms with Crippen LogP contribution >= 0.6 is 0 Å². The lowest BCUT2D eigenvalue weighted by Gasteiger charge is -2.41. The highest BCUT2D eigenvalue weighted by molar-refractivity contribution is 4.98. The predicted octanol–water partition coefficient (Wildman–Crippen LogP) is 2.60. The van der Waals surface area contributed by atoms with Crippen LogP contribution in [0.1, 0.15) is 64.2 Å². The molecular weight excluding hydrogens is 248 g/mol. The van der Waals surface area contributed by atoms with E-state index in [0.29, 0.717) is 18.2 Å². The fourth-order valence-corrected chi connectivity index (χ4v) is 5.18. The van der Waals surface area contributed by atoms with Gasteiger partial charge in [0, 0.05) is 18.1 Å². The summed E-state index contributed by atoms with van der Waals surface area (Å²) in [5.74, 6) is 0.864. The first-order valence-corrected chi connectivity index (χ1v) is 9.05.